The van der Waals surface area contributed by atoms with Gasteiger partial charge in [-0.1, -0.05) is 12.1 Å². The monoisotopic (exact) mass is 471 g/mol. The molecule has 33 heavy (non-hydrogen) atoms. The van der Waals surface area contributed by atoms with Gasteiger partial charge in [-0.25, -0.2) is 4.68 Å². The molecule has 0 saturated heterocycles. The van der Waals surface area contributed by atoms with E-state index in [0.29, 0.717) is 23.4 Å². The number of ether oxygens (including phenoxy) is 1. The number of amides is 1. The fourth-order valence-corrected chi connectivity index (χ4v) is 2.93. The Morgan fingerprint density at radius 1 is 0.970 bits per heavy atom. The molecule has 0 spiro atoms. The largest absolute Gasteiger partial charge is 0.496 e. The number of carbonyl (C=O) groups is 1. The van der Waals surface area contributed by atoms with Crippen molar-refractivity contribution >= 4 is 11.6 Å². The Balaban J connectivity index is 1.89. The average Bonchev–Trinajstić information content (AvgIpc) is 2.73. The lowest BCUT2D eigenvalue weighted by molar-refractivity contribution is -0.143. The maximum atomic E-state index is 13.0. The number of para-hydroxylation sites is 1. The van der Waals surface area contributed by atoms with Crippen LogP contribution < -0.4 is 15.6 Å². The van der Waals surface area contributed by atoms with Gasteiger partial charge in [-0.2, -0.15) is 31.4 Å². The van der Waals surface area contributed by atoms with Crippen LogP contribution in [0.1, 0.15) is 11.1 Å². The average molecular weight is 471 g/mol. The van der Waals surface area contributed by atoms with Crippen LogP contribution in [0.3, 0.4) is 0 Å². The van der Waals surface area contributed by atoms with Gasteiger partial charge in [0, 0.05) is 17.3 Å². The highest BCUT2D eigenvalue weighted by Gasteiger charge is 2.37. The van der Waals surface area contributed by atoms with Crippen molar-refractivity contribution in [3.8, 4) is 17.0 Å². The summed E-state index contributed by atoms with van der Waals surface area (Å²) in [5.41, 5.74) is -3.83. The van der Waals surface area contributed by atoms with E-state index in [1.54, 1.807) is 24.3 Å². The molecule has 0 radical (unpaired) electrons. The molecule has 0 atom stereocenters. The van der Waals surface area contributed by atoms with Crippen LogP contribution in [0.2, 0.25) is 0 Å². The lowest BCUT2D eigenvalue weighted by Crippen LogP contribution is -2.29. The highest BCUT2D eigenvalue weighted by atomic mass is 19.4. The second-order valence-corrected chi connectivity index (χ2v) is 6.76. The number of methoxy groups -OCH3 is 1. The standard InChI is InChI=1S/C21H15F6N3O3/c1-33-17-5-3-2-4-15(17)16-6-7-19(32)30(29-16)11-18(31)28-14-9-12(20(22,23)24)8-13(10-14)21(25,26)27/h2-10H,11H2,1H3,(H,28,31). The maximum Gasteiger partial charge on any atom is 0.416 e. The van der Waals surface area contributed by atoms with E-state index in [1.807, 2.05) is 5.32 Å². The summed E-state index contributed by atoms with van der Waals surface area (Å²) in [4.78, 5) is 24.4. The molecule has 2 aromatic carbocycles. The lowest BCUT2D eigenvalue weighted by Gasteiger charge is -2.15. The van der Waals surface area contributed by atoms with Gasteiger partial charge in [0.15, 0.2) is 0 Å². The zero-order chi connectivity index (χ0) is 24.4. The number of carbonyl (C=O) groups excluding carboxylic acids is 1. The molecule has 6 nitrogen and oxygen atoms in total. The molecular formula is C21H15F6N3O3. The zero-order valence-electron chi connectivity index (χ0n) is 16.8. The maximum absolute atomic E-state index is 13.0. The minimum Gasteiger partial charge on any atom is -0.496 e. The summed E-state index contributed by atoms with van der Waals surface area (Å²) in [6.45, 7) is -0.751. The van der Waals surface area contributed by atoms with Gasteiger partial charge < -0.3 is 10.1 Å². The number of anilines is 1. The molecule has 0 bridgehead atoms. The molecule has 0 saturated carbocycles. The van der Waals surface area contributed by atoms with Gasteiger partial charge in [0.1, 0.15) is 12.3 Å². The van der Waals surface area contributed by atoms with E-state index < -0.39 is 47.2 Å². The molecule has 0 aliphatic rings. The van der Waals surface area contributed by atoms with Crippen LogP contribution in [0.25, 0.3) is 11.3 Å². The number of nitrogens with one attached hydrogen (secondary N) is 1. The third-order valence-corrected chi connectivity index (χ3v) is 4.41. The van der Waals surface area contributed by atoms with Crippen molar-refractivity contribution in [2.75, 3.05) is 12.4 Å². The van der Waals surface area contributed by atoms with Gasteiger partial charge in [-0.3, -0.25) is 9.59 Å². The predicted octanol–water partition coefficient (Wildman–Crippen LogP) is 4.60. The van der Waals surface area contributed by atoms with Crippen molar-refractivity contribution < 1.29 is 35.9 Å². The van der Waals surface area contributed by atoms with E-state index in [-0.39, 0.29) is 11.8 Å². The first kappa shape index (κ1) is 23.8. The van der Waals surface area contributed by atoms with Crippen LogP contribution >= 0.6 is 0 Å². The Hall–Kier alpha value is -3.83. The third kappa shape index (κ3) is 5.70. The number of hydrogen-bond acceptors (Lipinski definition) is 4. The fraction of sp³-hybridized carbons (Fsp3) is 0.190. The Bertz CT molecular complexity index is 1200. The summed E-state index contributed by atoms with van der Waals surface area (Å²) in [6.07, 6.45) is -10.1. The molecule has 12 heteroatoms. The minimum absolute atomic E-state index is 0.0571. The van der Waals surface area contributed by atoms with Crippen molar-refractivity contribution in [3.63, 3.8) is 0 Å². The molecule has 1 amide bonds. The van der Waals surface area contributed by atoms with Crippen LogP contribution in [-0.4, -0.2) is 22.8 Å². The van der Waals surface area contributed by atoms with Gasteiger partial charge >= 0.3 is 12.4 Å². The number of benzene rings is 2. The zero-order valence-corrected chi connectivity index (χ0v) is 16.8. The van der Waals surface area contributed by atoms with Crippen LogP contribution in [0.4, 0.5) is 32.0 Å². The lowest BCUT2D eigenvalue weighted by atomic mass is 10.1. The van der Waals surface area contributed by atoms with E-state index in [2.05, 4.69) is 5.10 Å². The van der Waals surface area contributed by atoms with E-state index in [0.717, 1.165) is 10.7 Å². The van der Waals surface area contributed by atoms with Gasteiger partial charge in [-0.05, 0) is 36.4 Å². The highest BCUT2D eigenvalue weighted by Crippen LogP contribution is 2.37. The molecule has 1 heterocycles. The Labute approximate surface area is 182 Å². The molecule has 0 unspecified atom stereocenters. The van der Waals surface area contributed by atoms with E-state index in [1.165, 1.54) is 13.2 Å². The van der Waals surface area contributed by atoms with E-state index >= 15 is 0 Å². The van der Waals surface area contributed by atoms with E-state index in [4.69, 9.17) is 4.74 Å². The fourth-order valence-electron chi connectivity index (χ4n) is 2.93. The summed E-state index contributed by atoms with van der Waals surface area (Å²) in [6, 6.07) is 9.87. The normalized spacial score (nSPS) is 11.8. The van der Waals surface area contributed by atoms with Gasteiger partial charge in [0.25, 0.3) is 5.56 Å². The highest BCUT2D eigenvalue weighted by molar-refractivity contribution is 5.90. The Morgan fingerprint density at radius 3 is 2.15 bits per heavy atom. The second-order valence-electron chi connectivity index (χ2n) is 6.76. The molecule has 1 aromatic heterocycles. The first-order valence-corrected chi connectivity index (χ1v) is 9.19. The predicted molar refractivity (Wildman–Crippen MR) is 106 cm³/mol. The number of rotatable bonds is 5. The van der Waals surface area contributed by atoms with Crippen LogP contribution in [-0.2, 0) is 23.7 Å². The first-order valence-electron chi connectivity index (χ1n) is 9.19. The topological polar surface area (TPSA) is 73.2 Å². The van der Waals surface area contributed by atoms with Crippen molar-refractivity contribution in [1.29, 1.82) is 0 Å². The molecule has 3 rings (SSSR count). The van der Waals surface area contributed by atoms with Crippen LogP contribution in [0.5, 0.6) is 5.75 Å². The number of alkyl halides is 6. The number of nitrogens with zero attached hydrogens (tertiary/aromatic N) is 2. The van der Waals surface area contributed by atoms with Gasteiger partial charge in [0.05, 0.1) is 23.9 Å². The Kier molecular flexibility index (Phi) is 6.47. The second kappa shape index (κ2) is 8.96. The van der Waals surface area contributed by atoms with Crippen LogP contribution in [0, 0.1) is 0 Å². The van der Waals surface area contributed by atoms with Gasteiger partial charge in [0.2, 0.25) is 5.91 Å². The summed E-state index contributed by atoms with van der Waals surface area (Å²) in [7, 11) is 1.42. The third-order valence-electron chi connectivity index (χ3n) is 4.41. The molecule has 0 fully saturated rings. The quantitative estimate of drug-likeness (QED) is 0.553. The molecule has 174 valence electrons. The smallest absolute Gasteiger partial charge is 0.416 e. The summed E-state index contributed by atoms with van der Waals surface area (Å²) >= 11 is 0. The van der Waals surface area contributed by atoms with E-state index in [9.17, 15) is 35.9 Å². The van der Waals surface area contributed by atoms with Crippen molar-refractivity contribution in [2.45, 2.75) is 18.9 Å². The van der Waals surface area contributed by atoms with Crippen LogP contribution in [0.15, 0.2) is 59.4 Å². The number of aromatic nitrogens is 2. The summed E-state index contributed by atoms with van der Waals surface area (Å²) < 4.78 is 83.9. The number of hydrogen-bond donors (Lipinski definition) is 1. The first-order chi connectivity index (χ1) is 15.4. The molecule has 1 N–H and O–H groups in total. The Morgan fingerprint density at radius 2 is 1.58 bits per heavy atom. The SMILES string of the molecule is COc1ccccc1-c1ccc(=O)n(CC(=O)Nc2cc(C(F)(F)F)cc(C(F)(F)F)c2)n1. The van der Waals surface area contributed by atoms with Crippen molar-refractivity contribution in [1.82, 2.24) is 9.78 Å². The van der Waals surface area contributed by atoms with Crippen molar-refractivity contribution in [3.05, 3.63) is 76.1 Å². The number of halogens is 6. The summed E-state index contributed by atoms with van der Waals surface area (Å²) in [5.74, 6) is -0.613. The molecule has 0 aliphatic heterocycles. The summed E-state index contributed by atoms with van der Waals surface area (Å²) in [5, 5.41) is 6.01. The van der Waals surface area contributed by atoms with Crippen molar-refractivity contribution in [2.24, 2.45) is 0 Å². The molecular weight excluding hydrogens is 456 g/mol. The van der Waals surface area contributed by atoms with Gasteiger partial charge in [-0.15, -0.1) is 0 Å². The molecule has 0 aliphatic carbocycles. The molecule has 3 aromatic rings. The minimum atomic E-state index is -5.07.